The largest absolute Gasteiger partial charge is 0.473 e. The minimum absolute atomic E-state index is 0.0921. The standard InChI is InChI=1S/C26H17F3OS/c27-26(28,29)31-23-17-25(19-10-3-1-4-11-19,20-12-5-2-6-13-20)30-22-16-15-18-9-7-8-14-21(18)24(22)23/h1-17H. The minimum Gasteiger partial charge on any atom is -0.473 e. The summed E-state index contributed by atoms with van der Waals surface area (Å²) in [6.45, 7) is 0. The van der Waals surface area contributed by atoms with Gasteiger partial charge in [0.15, 0.2) is 5.60 Å². The highest BCUT2D eigenvalue weighted by atomic mass is 32.2. The van der Waals surface area contributed by atoms with Gasteiger partial charge < -0.3 is 4.74 Å². The van der Waals surface area contributed by atoms with Crippen molar-refractivity contribution in [2.24, 2.45) is 0 Å². The Hall–Kier alpha value is -3.18. The Morgan fingerprint density at radius 3 is 1.87 bits per heavy atom. The minimum atomic E-state index is -4.43. The molecule has 0 atom stereocenters. The molecule has 4 aromatic rings. The smallest absolute Gasteiger partial charge is 0.446 e. The molecule has 0 fully saturated rings. The van der Waals surface area contributed by atoms with E-state index >= 15 is 0 Å². The van der Waals surface area contributed by atoms with Crippen LogP contribution in [0.4, 0.5) is 13.2 Å². The van der Waals surface area contributed by atoms with Crippen LogP contribution in [-0.2, 0) is 5.60 Å². The lowest BCUT2D eigenvalue weighted by atomic mass is 9.83. The maximum atomic E-state index is 13.7. The number of benzene rings is 4. The van der Waals surface area contributed by atoms with E-state index in [4.69, 9.17) is 4.74 Å². The molecule has 0 unspecified atom stereocenters. The van der Waals surface area contributed by atoms with Crippen molar-refractivity contribution in [2.75, 3.05) is 0 Å². The molecule has 0 aromatic heterocycles. The number of hydrogen-bond acceptors (Lipinski definition) is 2. The van der Waals surface area contributed by atoms with E-state index in [-0.39, 0.29) is 16.7 Å². The van der Waals surface area contributed by atoms with Crippen molar-refractivity contribution >= 4 is 27.4 Å². The summed E-state index contributed by atoms with van der Waals surface area (Å²) < 4.78 is 47.6. The van der Waals surface area contributed by atoms with E-state index in [2.05, 4.69) is 0 Å². The number of hydrogen-bond donors (Lipinski definition) is 0. The molecule has 0 aliphatic carbocycles. The third-order valence-electron chi connectivity index (χ3n) is 5.37. The van der Waals surface area contributed by atoms with Crippen LogP contribution in [0.2, 0.25) is 0 Å². The number of fused-ring (bicyclic) bond motifs is 3. The lowest BCUT2D eigenvalue weighted by Gasteiger charge is -2.38. The van der Waals surface area contributed by atoms with Gasteiger partial charge in [-0.15, -0.1) is 0 Å². The number of halogens is 3. The van der Waals surface area contributed by atoms with Gasteiger partial charge in [0.2, 0.25) is 0 Å². The first-order valence-electron chi connectivity index (χ1n) is 9.77. The predicted octanol–water partition coefficient (Wildman–Crippen LogP) is 7.77. The van der Waals surface area contributed by atoms with Crippen molar-refractivity contribution in [3.63, 3.8) is 0 Å². The lowest BCUT2D eigenvalue weighted by Crippen LogP contribution is -2.35. The third-order valence-corrected chi connectivity index (χ3v) is 6.15. The zero-order valence-corrected chi connectivity index (χ0v) is 17.1. The van der Waals surface area contributed by atoms with Crippen LogP contribution in [0, 0.1) is 0 Å². The molecule has 154 valence electrons. The summed E-state index contributed by atoms with van der Waals surface area (Å²) in [6.07, 6.45) is 1.62. The van der Waals surface area contributed by atoms with E-state index in [1.54, 1.807) is 12.1 Å². The van der Waals surface area contributed by atoms with Gasteiger partial charge in [-0.2, -0.15) is 13.2 Å². The zero-order chi connectivity index (χ0) is 21.5. The molecule has 1 aliphatic rings. The maximum absolute atomic E-state index is 13.7. The highest BCUT2D eigenvalue weighted by Gasteiger charge is 2.42. The molecule has 5 heteroatoms. The van der Waals surface area contributed by atoms with Crippen LogP contribution in [0.15, 0.2) is 103 Å². The quantitative estimate of drug-likeness (QED) is 0.326. The fourth-order valence-electron chi connectivity index (χ4n) is 4.08. The molecule has 1 aliphatic heterocycles. The average molecular weight is 434 g/mol. The molecule has 1 nitrogen and oxygen atoms in total. The Morgan fingerprint density at radius 1 is 0.677 bits per heavy atom. The van der Waals surface area contributed by atoms with Gasteiger partial charge in [-0.3, -0.25) is 0 Å². The summed E-state index contributed by atoms with van der Waals surface area (Å²) >= 11 is -0.0921. The first kappa shape index (κ1) is 19.8. The number of alkyl halides is 3. The molecule has 31 heavy (non-hydrogen) atoms. The van der Waals surface area contributed by atoms with Crippen LogP contribution in [-0.4, -0.2) is 5.51 Å². The second-order valence-corrected chi connectivity index (χ2v) is 8.39. The van der Waals surface area contributed by atoms with Crippen molar-refractivity contribution in [3.05, 3.63) is 120 Å². The van der Waals surface area contributed by atoms with Crippen molar-refractivity contribution < 1.29 is 17.9 Å². The van der Waals surface area contributed by atoms with E-state index in [0.717, 1.165) is 21.9 Å². The first-order valence-corrected chi connectivity index (χ1v) is 10.6. The Labute approximate surface area is 182 Å². The molecule has 0 saturated carbocycles. The molecule has 0 saturated heterocycles. The normalized spacial score (nSPS) is 15.1. The Kier molecular flexibility index (Phi) is 4.78. The average Bonchev–Trinajstić information content (AvgIpc) is 2.78. The number of thioether (sulfide) groups is 1. The van der Waals surface area contributed by atoms with Gasteiger partial charge in [0.25, 0.3) is 0 Å². The monoisotopic (exact) mass is 434 g/mol. The van der Waals surface area contributed by atoms with Gasteiger partial charge >= 0.3 is 5.51 Å². The van der Waals surface area contributed by atoms with Crippen molar-refractivity contribution in [3.8, 4) is 5.75 Å². The Balaban J connectivity index is 1.83. The molecule has 4 aromatic carbocycles. The molecule has 0 N–H and O–H groups in total. The van der Waals surface area contributed by atoms with Crippen LogP contribution < -0.4 is 4.74 Å². The van der Waals surface area contributed by atoms with E-state index in [0.29, 0.717) is 11.3 Å². The van der Waals surface area contributed by atoms with Gasteiger partial charge in [-0.05, 0) is 34.7 Å². The van der Waals surface area contributed by atoms with Crippen LogP contribution in [0.3, 0.4) is 0 Å². The van der Waals surface area contributed by atoms with Crippen molar-refractivity contribution in [1.29, 1.82) is 0 Å². The van der Waals surface area contributed by atoms with Crippen molar-refractivity contribution in [1.82, 2.24) is 0 Å². The summed E-state index contributed by atoms with van der Waals surface area (Å²) in [4.78, 5) is 0.137. The Bertz CT molecular complexity index is 1220. The molecule has 0 radical (unpaired) electrons. The summed E-state index contributed by atoms with van der Waals surface area (Å²) in [5.41, 5.74) is -3.61. The van der Waals surface area contributed by atoms with Crippen LogP contribution in [0.25, 0.3) is 15.7 Å². The molecule has 0 spiro atoms. The van der Waals surface area contributed by atoms with Crippen LogP contribution in [0.5, 0.6) is 5.75 Å². The second-order valence-electron chi connectivity index (χ2n) is 7.29. The van der Waals surface area contributed by atoms with E-state index in [9.17, 15) is 13.2 Å². The number of ether oxygens (including phenoxy) is 1. The van der Waals surface area contributed by atoms with E-state index in [1.165, 1.54) is 0 Å². The van der Waals surface area contributed by atoms with E-state index in [1.807, 2.05) is 91.0 Å². The SMILES string of the molecule is FC(F)(F)SC1=CC(c2ccccc2)(c2ccccc2)Oc2ccc3ccccc3c21. The van der Waals surface area contributed by atoms with Gasteiger partial charge in [-0.25, -0.2) is 0 Å². The molecule has 5 rings (SSSR count). The summed E-state index contributed by atoms with van der Waals surface area (Å²) in [5, 5.41) is 1.60. The van der Waals surface area contributed by atoms with Gasteiger partial charge in [0.1, 0.15) is 5.75 Å². The van der Waals surface area contributed by atoms with Crippen LogP contribution >= 0.6 is 11.8 Å². The third kappa shape index (κ3) is 3.59. The van der Waals surface area contributed by atoms with Crippen molar-refractivity contribution in [2.45, 2.75) is 11.1 Å². The van der Waals surface area contributed by atoms with Crippen LogP contribution in [0.1, 0.15) is 16.7 Å². The Morgan fingerprint density at radius 2 is 1.26 bits per heavy atom. The molecule has 1 heterocycles. The lowest BCUT2D eigenvalue weighted by molar-refractivity contribution is -0.0318. The van der Waals surface area contributed by atoms with Gasteiger partial charge in [0.05, 0.1) is 0 Å². The first-order chi connectivity index (χ1) is 15.0. The fraction of sp³-hybridized carbons (Fsp3) is 0.0769. The highest BCUT2D eigenvalue weighted by molar-refractivity contribution is 8.09. The molecular weight excluding hydrogens is 417 g/mol. The fourth-order valence-corrected chi connectivity index (χ4v) is 4.87. The topological polar surface area (TPSA) is 9.23 Å². The predicted molar refractivity (Wildman–Crippen MR) is 120 cm³/mol. The summed E-state index contributed by atoms with van der Waals surface area (Å²) in [5.74, 6) is 0.431. The molecular formula is C26H17F3OS. The maximum Gasteiger partial charge on any atom is 0.446 e. The second kappa shape index (κ2) is 7.50. The molecule has 0 amide bonds. The summed E-state index contributed by atoms with van der Waals surface area (Å²) in [7, 11) is 0. The highest BCUT2D eigenvalue weighted by Crippen LogP contribution is 2.53. The van der Waals surface area contributed by atoms with Gasteiger partial charge in [0, 0.05) is 21.6 Å². The van der Waals surface area contributed by atoms with Gasteiger partial charge in [-0.1, -0.05) is 91.0 Å². The summed E-state index contributed by atoms with van der Waals surface area (Å²) in [6, 6.07) is 29.8. The number of rotatable bonds is 3. The molecule has 0 bridgehead atoms. The van der Waals surface area contributed by atoms with E-state index < -0.39 is 11.1 Å². The zero-order valence-electron chi connectivity index (χ0n) is 16.3.